The zero-order valence-electron chi connectivity index (χ0n) is 17.1. The lowest BCUT2D eigenvalue weighted by Crippen LogP contribution is -2.22. The Bertz CT molecular complexity index is 1090. The molecule has 31 heavy (non-hydrogen) atoms. The van der Waals surface area contributed by atoms with Gasteiger partial charge in [0, 0.05) is 35.9 Å². The van der Waals surface area contributed by atoms with E-state index in [4.69, 9.17) is 15.2 Å². The van der Waals surface area contributed by atoms with Crippen LogP contribution in [0.2, 0.25) is 0 Å². The van der Waals surface area contributed by atoms with E-state index in [1.54, 1.807) is 43.6 Å². The van der Waals surface area contributed by atoms with E-state index in [1.807, 2.05) is 12.1 Å². The molecule has 2 heterocycles. The van der Waals surface area contributed by atoms with Crippen molar-refractivity contribution in [3.05, 3.63) is 81.5 Å². The van der Waals surface area contributed by atoms with Gasteiger partial charge in [0.15, 0.2) is 0 Å². The summed E-state index contributed by atoms with van der Waals surface area (Å²) in [4.78, 5) is 40.3. The van der Waals surface area contributed by atoms with Crippen molar-refractivity contribution in [2.75, 3.05) is 6.61 Å². The quantitative estimate of drug-likeness (QED) is 0.424. The molecular weight excluding hydrogens is 400 g/mol. The molecule has 0 aliphatic rings. The molecule has 0 bridgehead atoms. The number of ether oxygens (including phenoxy) is 2. The van der Waals surface area contributed by atoms with Gasteiger partial charge in [0.25, 0.3) is 5.56 Å². The van der Waals surface area contributed by atoms with Crippen LogP contribution >= 0.6 is 0 Å². The number of nitrogens with zero attached hydrogens (tertiary/aromatic N) is 1. The Morgan fingerprint density at radius 2 is 2.03 bits per heavy atom. The Kier molecular flexibility index (Phi) is 7.21. The molecule has 9 heteroatoms. The van der Waals surface area contributed by atoms with Gasteiger partial charge in [0.05, 0.1) is 18.7 Å². The number of aromatic nitrogens is 3. The average molecular weight is 424 g/mol. The van der Waals surface area contributed by atoms with Crippen molar-refractivity contribution in [3.63, 3.8) is 0 Å². The van der Waals surface area contributed by atoms with Gasteiger partial charge in [-0.05, 0) is 30.7 Å². The number of amides is 1. The van der Waals surface area contributed by atoms with E-state index in [0.717, 1.165) is 5.56 Å². The maximum Gasteiger partial charge on any atom is 0.311 e. The minimum atomic E-state index is -0.654. The first-order valence-electron chi connectivity index (χ1n) is 9.83. The second kappa shape index (κ2) is 10.2. The van der Waals surface area contributed by atoms with Crippen LogP contribution in [-0.4, -0.2) is 33.7 Å². The number of esters is 1. The molecule has 0 aliphatic carbocycles. The summed E-state index contributed by atoms with van der Waals surface area (Å²) in [5, 5.41) is 5.21. The van der Waals surface area contributed by atoms with Crippen LogP contribution in [0.3, 0.4) is 0 Å². The van der Waals surface area contributed by atoms with Crippen LogP contribution in [0.4, 0.5) is 0 Å². The Hall–Kier alpha value is -3.88. The van der Waals surface area contributed by atoms with Crippen LogP contribution in [0.1, 0.15) is 41.6 Å². The van der Waals surface area contributed by atoms with Gasteiger partial charge in [0.1, 0.15) is 12.4 Å². The highest BCUT2D eigenvalue weighted by molar-refractivity contribution is 5.76. The van der Waals surface area contributed by atoms with Crippen LogP contribution in [-0.2, 0) is 27.4 Å². The smallest absolute Gasteiger partial charge is 0.311 e. The number of carbonyl (C=O) groups excluding carboxylic acids is 2. The predicted octanol–water partition coefficient (Wildman–Crippen LogP) is 1.79. The molecule has 1 amide bonds. The third-order valence-electron chi connectivity index (χ3n) is 4.67. The Morgan fingerprint density at radius 3 is 2.74 bits per heavy atom. The van der Waals surface area contributed by atoms with Crippen molar-refractivity contribution in [2.45, 2.75) is 32.3 Å². The number of carbonyl (C=O) groups is 2. The molecule has 4 N–H and O–H groups in total. The summed E-state index contributed by atoms with van der Waals surface area (Å²) in [5.74, 6) is -1.15. The summed E-state index contributed by atoms with van der Waals surface area (Å²) < 4.78 is 10.8. The molecule has 3 rings (SSSR count). The van der Waals surface area contributed by atoms with Gasteiger partial charge in [-0.1, -0.05) is 18.2 Å². The van der Waals surface area contributed by atoms with Crippen LogP contribution in [0, 0.1) is 0 Å². The lowest BCUT2D eigenvalue weighted by molar-refractivity contribution is -0.142. The SMILES string of the molecule is CCOC(=O)Cc1[nH][nH]c(=O)c1[C@@H](CC(N)=O)c1cccc(OCc2cccnc2)c1. The fraction of sp³-hybridized carbons (Fsp3) is 0.273. The van der Waals surface area contributed by atoms with Crippen LogP contribution < -0.4 is 16.0 Å². The van der Waals surface area contributed by atoms with Gasteiger partial charge in [0.2, 0.25) is 5.91 Å². The molecule has 3 aromatic rings. The van der Waals surface area contributed by atoms with Gasteiger partial charge in [-0.15, -0.1) is 0 Å². The molecular formula is C22H24N4O5. The molecule has 162 valence electrons. The number of hydrogen-bond acceptors (Lipinski definition) is 6. The molecule has 1 atom stereocenters. The normalized spacial score (nSPS) is 11.6. The molecule has 0 aliphatic heterocycles. The second-order valence-electron chi connectivity index (χ2n) is 6.90. The number of aromatic amines is 2. The first kappa shape index (κ1) is 21.8. The van der Waals surface area contributed by atoms with Crippen molar-refractivity contribution in [1.82, 2.24) is 15.2 Å². The summed E-state index contributed by atoms with van der Waals surface area (Å²) >= 11 is 0. The zero-order valence-corrected chi connectivity index (χ0v) is 17.1. The van der Waals surface area contributed by atoms with E-state index in [9.17, 15) is 14.4 Å². The average Bonchev–Trinajstić information content (AvgIpc) is 3.11. The van der Waals surface area contributed by atoms with E-state index in [-0.39, 0.29) is 25.0 Å². The van der Waals surface area contributed by atoms with Gasteiger partial charge in [-0.3, -0.25) is 24.5 Å². The first-order valence-corrected chi connectivity index (χ1v) is 9.83. The first-order chi connectivity index (χ1) is 15.0. The number of rotatable bonds is 10. The van der Waals surface area contributed by atoms with Gasteiger partial charge >= 0.3 is 5.97 Å². The highest BCUT2D eigenvalue weighted by Gasteiger charge is 2.26. The summed E-state index contributed by atoms with van der Waals surface area (Å²) in [6.07, 6.45) is 3.15. The number of pyridine rings is 1. The number of hydrogen-bond donors (Lipinski definition) is 3. The Balaban J connectivity index is 1.90. The van der Waals surface area contributed by atoms with Crippen molar-refractivity contribution in [1.29, 1.82) is 0 Å². The minimum absolute atomic E-state index is 0.108. The van der Waals surface area contributed by atoms with Crippen LogP contribution in [0.15, 0.2) is 53.6 Å². The molecule has 2 aromatic heterocycles. The van der Waals surface area contributed by atoms with E-state index >= 15 is 0 Å². The summed E-state index contributed by atoms with van der Waals surface area (Å²) in [6, 6.07) is 10.8. The summed E-state index contributed by atoms with van der Waals surface area (Å²) in [5.41, 5.74) is 7.24. The van der Waals surface area contributed by atoms with Crippen molar-refractivity contribution >= 4 is 11.9 Å². The standard InChI is InChI=1S/C22H24N4O5/c1-2-30-20(28)11-18-21(22(29)26-25-18)17(10-19(23)27)15-6-3-7-16(9-15)31-13-14-5-4-8-24-12-14/h3-9,12,17H,2,10-11,13H2,1H3,(H2,23,27)(H2,25,26,29)/t17-/m0/s1. The number of nitrogens with two attached hydrogens (primary N) is 1. The molecule has 0 radical (unpaired) electrons. The Labute approximate surface area is 178 Å². The maximum absolute atomic E-state index is 12.5. The minimum Gasteiger partial charge on any atom is -0.489 e. The highest BCUT2D eigenvalue weighted by Crippen LogP contribution is 2.30. The van der Waals surface area contributed by atoms with Gasteiger partial charge in [-0.2, -0.15) is 0 Å². The fourth-order valence-electron chi connectivity index (χ4n) is 3.33. The molecule has 0 saturated heterocycles. The van der Waals surface area contributed by atoms with Crippen molar-refractivity contribution in [3.8, 4) is 5.75 Å². The molecule has 0 spiro atoms. The van der Waals surface area contributed by atoms with Crippen molar-refractivity contribution in [2.24, 2.45) is 5.73 Å². The number of H-pyrrole nitrogens is 2. The van der Waals surface area contributed by atoms with Gasteiger partial charge in [-0.25, -0.2) is 0 Å². The predicted molar refractivity (Wildman–Crippen MR) is 112 cm³/mol. The zero-order chi connectivity index (χ0) is 22.2. The van der Waals surface area contributed by atoms with E-state index < -0.39 is 23.4 Å². The molecule has 0 fully saturated rings. The Morgan fingerprint density at radius 1 is 1.19 bits per heavy atom. The molecule has 0 saturated carbocycles. The molecule has 1 aromatic carbocycles. The summed E-state index contributed by atoms with van der Waals surface area (Å²) in [7, 11) is 0. The lowest BCUT2D eigenvalue weighted by atomic mass is 9.87. The maximum atomic E-state index is 12.5. The number of nitrogens with one attached hydrogen (secondary N) is 2. The topological polar surface area (TPSA) is 140 Å². The largest absolute Gasteiger partial charge is 0.489 e. The monoisotopic (exact) mass is 424 g/mol. The molecule has 9 nitrogen and oxygen atoms in total. The summed E-state index contributed by atoms with van der Waals surface area (Å²) in [6.45, 7) is 2.24. The van der Waals surface area contributed by atoms with E-state index in [0.29, 0.717) is 23.6 Å². The van der Waals surface area contributed by atoms with E-state index in [2.05, 4.69) is 15.2 Å². The van der Waals surface area contributed by atoms with Crippen LogP contribution in [0.5, 0.6) is 5.75 Å². The van der Waals surface area contributed by atoms with Crippen LogP contribution in [0.25, 0.3) is 0 Å². The second-order valence-corrected chi connectivity index (χ2v) is 6.90. The third kappa shape index (κ3) is 5.81. The lowest BCUT2D eigenvalue weighted by Gasteiger charge is -2.17. The molecule has 0 unspecified atom stereocenters. The van der Waals surface area contributed by atoms with Gasteiger partial charge < -0.3 is 20.3 Å². The number of benzene rings is 1. The fourth-order valence-corrected chi connectivity index (χ4v) is 3.33. The number of primary amides is 1. The van der Waals surface area contributed by atoms with E-state index in [1.165, 1.54) is 0 Å². The highest BCUT2D eigenvalue weighted by atomic mass is 16.5. The third-order valence-corrected chi connectivity index (χ3v) is 4.67. The van der Waals surface area contributed by atoms with Crippen molar-refractivity contribution < 1.29 is 19.1 Å².